The molecule has 1 aromatic carbocycles. The molecule has 1 fully saturated rings. The van der Waals surface area contributed by atoms with Gasteiger partial charge in [0.25, 0.3) is 5.91 Å². The highest BCUT2D eigenvalue weighted by molar-refractivity contribution is 9.09. The topological polar surface area (TPSA) is 60.8 Å². The zero-order valence-corrected chi connectivity index (χ0v) is 10.9. The summed E-state index contributed by atoms with van der Waals surface area (Å²) in [6, 6.07) is 4.17. The molecule has 1 aliphatic rings. The molecular formula is C12H14BrNO3. The highest BCUT2D eigenvalue weighted by Crippen LogP contribution is 2.27. The van der Waals surface area contributed by atoms with Crippen LogP contribution in [-0.4, -0.2) is 39.4 Å². The fourth-order valence-corrected chi connectivity index (χ4v) is 2.51. The summed E-state index contributed by atoms with van der Waals surface area (Å²) >= 11 is 3.42. The number of amides is 1. The van der Waals surface area contributed by atoms with Crippen molar-refractivity contribution in [3.05, 3.63) is 23.8 Å². The molecule has 2 rings (SSSR count). The van der Waals surface area contributed by atoms with E-state index in [2.05, 4.69) is 15.9 Å². The van der Waals surface area contributed by atoms with Gasteiger partial charge in [-0.05, 0) is 30.5 Å². The third-order valence-electron chi connectivity index (χ3n) is 3.01. The minimum absolute atomic E-state index is 0.0937. The molecular weight excluding hydrogens is 286 g/mol. The Hall–Kier alpha value is -1.23. The van der Waals surface area contributed by atoms with E-state index in [1.807, 2.05) is 0 Å². The third-order valence-corrected chi connectivity index (χ3v) is 3.93. The van der Waals surface area contributed by atoms with Gasteiger partial charge in [0.2, 0.25) is 0 Å². The van der Waals surface area contributed by atoms with Gasteiger partial charge in [0.15, 0.2) is 11.5 Å². The number of hydrogen-bond donors (Lipinski definition) is 2. The molecule has 17 heavy (non-hydrogen) atoms. The number of phenols is 2. The Balaban J connectivity index is 2.12. The molecule has 1 saturated heterocycles. The van der Waals surface area contributed by atoms with E-state index < -0.39 is 0 Å². The van der Waals surface area contributed by atoms with Gasteiger partial charge in [-0.3, -0.25) is 4.79 Å². The molecule has 1 aliphatic heterocycles. The highest BCUT2D eigenvalue weighted by Gasteiger charge is 2.26. The predicted molar refractivity (Wildman–Crippen MR) is 67.6 cm³/mol. The van der Waals surface area contributed by atoms with Crippen LogP contribution in [0.1, 0.15) is 16.8 Å². The SMILES string of the molecule is O=C(c1ccc(O)c(O)c1)N1CCC(CBr)C1. The van der Waals surface area contributed by atoms with E-state index in [1.165, 1.54) is 18.2 Å². The van der Waals surface area contributed by atoms with Gasteiger partial charge in [-0.2, -0.15) is 0 Å². The van der Waals surface area contributed by atoms with Gasteiger partial charge in [0.05, 0.1) is 0 Å². The lowest BCUT2D eigenvalue weighted by Crippen LogP contribution is -2.28. The van der Waals surface area contributed by atoms with E-state index in [0.717, 1.165) is 24.8 Å². The van der Waals surface area contributed by atoms with Crippen molar-refractivity contribution in [1.82, 2.24) is 4.90 Å². The van der Waals surface area contributed by atoms with Crippen LogP contribution in [0.4, 0.5) is 0 Å². The van der Waals surface area contributed by atoms with Crippen LogP contribution in [0, 0.1) is 5.92 Å². The van der Waals surface area contributed by atoms with Crippen molar-refractivity contribution in [1.29, 1.82) is 0 Å². The van der Waals surface area contributed by atoms with E-state index >= 15 is 0 Å². The van der Waals surface area contributed by atoms with Crippen LogP contribution in [-0.2, 0) is 0 Å². The standard InChI is InChI=1S/C12H14BrNO3/c13-6-8-3-4-14(7-8)12(17)9-1-2-10(15)11(16)5-9/h1-2,5,8,15-16H,3-4,6-7H2. The maximum Gasteiger partial charge on any atom is 0.254 e. The average Bonchev–Trinajstić information content (AvgIpc) is 2.80. The lowest BCUT2D eigenvalue weighted by atomic mass is 10.1. The monoisotopic (exact) mass is 299 g/mol. The van der Waals surface area contributed by atoms with E-state index in [0.29, 0.717) is 11.5 Å². The number of benzene rings is 1. The van der Waals surface area contributed by atoms with Crippen molar-refractivity contribution in [2.45, 2.75) is 6.42 Å². The highest BCUT2D eigenvalue weighted by atomic mass is 79.9. The summed E-state index contributed by atoms with van der Waals surface area (Å²) in [7, 11) is 0. The zero-order chi connectivity index (χ0) is 12.4. The molecule has 1 atom stereocenters. The Kier molecular flexibility index (Phi) is 3.57. The summed E-state index contributed by atoms with van der Waals surface area (Å²) in [5, 5.41) is 19.5. The second kappa shape index (κ2) is 4.96. The molecule has 4 nitrogen and oxygen atoms in total. The number of nitrogens with zero attached hydrogens (tertiary/aromatic N) is 1. The van der Waals surface area contributed by atoms with Gasteiger partial charge in [-0.15, -0.1) is 0 Å². The number of likely N-dealkylation sites (tertiary alicyclic amines) is 1. The number of halogens is 1. The van der Waals surface area contributed by atoms with E-state index in [4.69, 9.17) is 0 Å². The number of rotatable bonds is 2. The fraction of sp³-hybridized carbons (Fsp3) is 0.417. The molecule has 1 unspecified atom stereocenters. The van der Waals surface area contributed by atoms with Gasteiger partial charge in [0.1, 0.15) is 0 Å². The van der Waals surface area contributed by atoms with Crippen molar-refractivity contribution >= 4 is 21.8 Å². The van der Waals surface area contributed by atoms with Crippen LogP contribution in [0.3, 0.4) is 0 Å². The Bertz CT molecular complexity index is 436. The Morgan fingerprint density at radius 3 is 2.76 bits per heavy atom. The van der Waals surface area contributed by atoms with Crippen molar-refractivity contribution < 1.29 is 15.0 Å². The van der Waals surface area contributed by atoms with Crippen molar-refractivity contribution in [3.8, 4) is 11.5 Å². The van der Waals surface area contributed by atoms with Gasteiger partial charge in [-0.1, -0.05) is 15.9 Å². The Morgan fingerprint density at radius 2 is 2.18 bits per heavy atom. The molecule has 0 radical (unpaired) electrons. The third kappa shape index (κ3) is 2.54. The van der Waals surface area contributed by atoms with Gasteiger partial charge >= 0.3 is 0 Å². The summed E-state index contributed by atoms with van der Waals surface area (Å²) in [5.41, 5.74) is 0.413. The Morgan fingerprint density at radius 1 is 1.41 bits per heavy atom. The maximum atomic E-state index is 12.1. The number of hydrogen-bond acceptors (Lipinski definition) is 3. The molecule has 0 spiro atoms. The van der Waals surface area contributed by atoms with Gasteiger partial charge < -0.3 is 15.1 Å². The van der Waals surface area contributed by atoms with Crippen LogP contribution in [0.5, 0.6) is 11.5 Å². The number of carbonyl (C=O) groups excluding carboxylic acids is 1. The van der Waals surface area contributed by atoms with Crippen molar-refractivity contribution in [2.24, 2.45) is 5.92 Å². The summed E-state index contributed by atoms with van der Waals surface area (Å²) in [5.74, 6) is -0.0539. The first kappa shape index (κ1) is 12.2. The minimum atomic E-state index is -0.257. The van der Waals surface area contributed by atoms with E-state index in [1.54, 1.807) is 4.90 Å². The average molecular weight is 300 g/mol. The second-order valence-electron chi connectivity index (χ2n) is 4.26. The summed E-state index contributed by atoms with van der Waals surface area (Å²) < 4.78 is 0. The molecule has 5 heteroatoms. The fourth-order valence-electron chi connectivity index (χ4n) is 1.98. The van der Waals surface area contributed by atoms with Crippen molar-refractivity contribution in [3.63, 3.8) is 0 Å². The van der Waals surface area contributed by atoms with Gasteiger partial charge in [0, 0.05) is 24.0 Å². The first-order valence-corrected chi connectivity index (χ1v) is 6.61. The minimum Gasteiger partial charge on any atom is -0.504 e. The lowest BCUT2D eigenvalue weighted by Gasteiger charge is -2.16. The molecule has 0 aliphatic carbocycles. The molecule has 0 bridgehead atoms. The first-order valence-electron chi connectivity index (χ1n) is 5.49. The molecule has 0 aromatic heterocycles. The molecule has 0 saturated carbocycles. The Labute approximate surface area is 108 Å². The smallest absolute Gasteiger partial charge is 0.254 e. The quantitative estimate of drug-likeness (QED) is 0.648. The predicted octanol–water partition coefficient (Wildman–Crippen LogP) is 1.95. The summed E-state index contributed by atoms with van der Waals surface area (Å²) in [4.78, 5) is 13.9. The molecule has 1 aromatic rings. The molecule has 1 amide bonds. The summed E-state index contributed by atoms with van der Waals surface area (Å²) in [6.45, 7) is 1.49. The number of alkyl halides is 1. The zero-order valence-electron chi connectivity index (χ0n) is 9.27. The second-order valence-corrected chi connectivity index (χ2v) is 4.91. The molecule has 1 heterocycles. The first-order chi connectivity index (χ1) is 8.11. The van der Waals surface area contributed by atoms with Crippen LogP contribution >= 0.6 is 15.9 Å². The lowest BCUT2D eigenvalue weighted by molar-refractivity contribution is 0.0788. The van der Waals surface area contributed by atoms with Crippen LogP contribution in [0.25, 0.3) is 0 Å². The number of aromatic hydroxyl groups is 2. The van der Waals surface area contributed by atoms with Crippen LogP contribution in [0.2, 0.25) is 0 Å². The molecule has 2 N–H and O–H groups in total. The number of phenolic OH excluding ortho intramolecular Hbond substituents is 2. The van der Waals surface area contributed by atoms with E-state index in [-0.39, 0.29) is 17.4 Å². The maximum absolute atomic E-state index is 12.1. The largest absolute Gasteiger partial charge is 0.504 e. The normalized spacial score (nSPS) is 19.6. The summed E-state index contributed by atoms with van der Waals surface area (Å²) in [6.07, 6.45) is 1.00. The van der Waals surface area contributed by atoms with Crippen LogP contribution < -0.4 is 0 Å². The van der Waals surface area contributed by atoms with E-state index in [9.17, 15) is 15.0 Å². The molecule has 92 valence electrons. The van der Waals surface area contributed by atoms with Crippen LogP contribution in [0.15, 0.2) is 18.2 Å². The van der Waals surface area contributed by atoms with Gasteiger partial charge in [-0.25, -0.2) is 0 Å². The number of carbonyl (C=O) groups is 1. The van der Waals surface area contributed by atoms with Crippen molar-refractivity contribution in [2.75, 3.05) is 18.4 Å².